The summed E-state index contributed by atoms with van der Waals surface area (Å²) in [7, 11) is 1.68. The van der Waals surface area contributed by atoms with Gasteiger partial charge in [0.15, 0.2) is 0 Å². The van der Waals surface area contributed by atoms with E-state index in [0.29, 0.717) is 5.92 Å². The Bertz CT molecular complexity index is 522. The first-order chi connectivity index (χ1) is 9.10. The molecule has 1 N–H and O–H groups in total. The molecule has 0 aliphatic heterocycles. The number of rotatable bonds is 5. The number of hydrogen-bond donors (Lipinski definition) is 1. The molecule has 4 nitrogen and oxygen atoms in total. The fraction of sp³-hybridized carbons (Fsp3) is 0.429. The molecule has 5 heteroatoms. The highest BCUT2D eigenvalue weighted by Crippen LogP contribution is 2.29. The quantitative estimate of drug-likeness (QED) is 0.906. The Morgan fingerprint density at radius 3 is 2.32 bits per heavy atom. The van der Waals surface area contributed by atoms with Gasteiger partial charge < -0.3 is 10.1 Å². The number of nitrogens with one attached hydrogen (secondary N) is 1. The number of aromatic nitrogens is 2. The monoisotopic (exact) mass is 277 g/mol. The minimum absolute atomic E-state index is 0.221. The summed E-state index contributed by atoms with van der Waals surface area (Å²) in [6, 6.07) is 8.36. The van der Waals surface area contributed by atoms with E-state index in [2.05, 4.69) is 41.5 Å². The smallest absolute Gasteiger partial charge is 0.206 e. The van der Waals surface area contributed by atoms with Crippen molar-refractivity contribution in [2.75, 3.05) is 12.4 Å². The summed E-state index contributed by atoms with van der Waals surface area (Å²) in [5, 5.41) is 13.5. The van der Waals surface area contributed by atoms with Crippen LogP contribution in [-0.4, -0.2) is 17.3 Å². The van der Waals surface area contributed by atoms with E-state index in [1.165, 1.54) is 5.56 Å². The van der Waals surface area contributed by atoms with E-state index in [9.17, 15) is 0 Å². The van der Waals surface area contributed by atoms with Crippen LogP contribution < -0.4 is 10.1 Å². The molecule has 0 aliphatic carbocycles. The molecule has 1 aromatic carbocycles. The van der Waals surface area contributed by atoms with Crippen molar-refractivity contribution in [3.05, 3.63) is 34.8 Å². The standard InChI is InChI=1S/C14H19N3OS/c1-9(2)13(15-14-17-16-10(3)19-14)11-5-7-12(18-4)8-6-11/h5-9,13H,1-4H3,(H,15,17). The summed E-state index contributed by atoms with van der Waals surface area (Å²) in [5.41, 5.74) is 1.23. The zero-order valence-corrected chi connectivity index (χ0v) is 12.5. The van der Waals surface area contributed by atoms with E-state index in [1.807, 2.05) is 19.1 Å². The molecule has 1 unspecified atom stereocenters. The Balaban J connectivity index is 2.19. The first-order valence-electron chi connectivity index (χ1n) is 6.30. The number of nitrogens with zero attached hydrogens (tertiary/aromatic N) is 2. The van der Waals surface area contributed by atoms with Crippen LogP contribution in [0.25, 0.3) is 0 Å². The fourth-order valence-electron chi connectivity index (χ4n) is 1.93. The van der Waals surface area contributed by atoms with Crippen molar-refractivity contribution < 1.29 is 4.74 Å². The first kappa shape index (κ1) is 13.8. The number of aryl methyl sites for hydroxylation is 1. The number of ether oxygens (including phenoxy) is 1. The maximum Gasteiger partial charge on any atom is 0.206 e. The average Bonchev–Trinajstić information content (AvgIpc) is 2.81. The fourth-order valence-corrected chi connectivity index (χ4v) is 2.56. The van der Waals surface area contributed by atoms with Gasteiger partial charge in [-0.05, 0) is 30.5 Å². The minimum Gasteiger partial charge on any atom is -0.497 e. The van der Waals surface area contributed by atoms with Gasteiger partial charge in [0.25, 0.3) is 0 Å². The Labute approximate surface area is 117 Å². The van der Waals surface area contributed by atoms with Crippen LogP contribution in [0.5, 0.6) is 5.75 Å². The van der Waals surface area contributed by atoms with Gasteiger partial charge in [0.05, 0.1) is 13.2 Å². The summed E-state index contributed by atoms with van der Waals surface area (Å²) < 4.78 is 5.19. The Kier molecular flexibility index (Phi) is 4.37. The SMILES string of the molecule is COc1ccc(C(Nc2nnc(C)s2)C(C)C)cc1. The van der Waals surface area contributed by atoms with Gasteiger partial charge in [-0.25, -0.2) is 0 Å². The van der Waals surface area contributed by atoms with Gasteiger partial charge in [-0.1, -0.05) is 37.3 Å². The Morgan fingerprint density at radius 1 is 1.16 bits per heavy atom. The van der Waals surface area contributed by atoms with Gasteiger partial charge in [-0.2, -0.15) is 0 Å². The molecule has 2 aromatic rings. The van der Waals surface area contributed by atoms with Crippen molar-refractivity contribution in [2.24, 2.45) is 5.92 Å². The summed E-state index contributed by atoms with van der Waals surface area (Å²) in [6.07, 6.45) is 0. The van der Waals surface area contributed by atoms with Gasteiger partial charge in [-0.15, -0.1) is 10.2 Å². The molecule has 1 aromatic heterocycles. The van der Waals surface area contributed by atoms with Crippen molar-refractivity contribution >= 4 is 16.5 Å². The van der Waals surface area contributed by atoms with Crippen LogP contribution in [0.2, 0.25) is 0 Å². The maximum absolute atomic E-state index is 5.19. The molecule has 0 aliphatic rings. The number of hydrogen-bond acceptors (Lipinski definition) is 5. The summed E-state index contributed by atoms with van der Waals surface area (Å²) in [6.45, 7) is 6.34. The molecule has 0 bridgehead atoms. The Morgan fingerprint density at radius 2 is 1.84 bits per heavy atom. The number of methoxy groups -OCH3 is 1. The van der Waals surface area contributed by atoms with Gasteiger partial charge in [-0.3, -0.25) is 0 Å². The lowest BCUT2D eigenvalue weighted by atomic mass is 9.96. The molecule has 0 spiro atoms. The zero-order valence-electron chi connectivity index (χ0n) is 11.7. The van der Waals surface area contributed by atoms with Gasteiger partial charge in [0.1, 0.15) is 10.8 Å². The number of anilines is 1. The van der Waals surface area contributed by atoms with E-state index in [4.69, 9.17) is 4.74 Å². The molecule has 0 fully saturated rings. The van der Waals surface area contributed by atoms with E-state index >= 15 is 0 Å². The molecule has 0 saturated heterocycles. The third kappa shape index (κ3) is 3.44. The topological polar surface area (TPSA) is 47.0 Å². The molecule has 0 amide bonds. The lowest BCUT2D eigenvalue weighted by Gasteiger charge is -2.22. The Hall–Kier alpha value is -1.62. The van der Waals surface area contributed by atoms with Crippen molar-refractivity contribution in [3.63, 3.8) is 0 Å². The van der Waals surface area contributed by atoms with Crippen LogP contribution in [0, 0.1) is 12.8 Å². The second-order valence-electron chi connectivity index (χ2n) is 4.77. The summed E-state index contributed by atoms with van der Waals surface area (Å²) >= 11 is 1.58. The molecular weight excluding hydrogens is 258 g/mol. The van der Waals surface area contributed by atoms with Gasteiger partial charge >= 0.3 is 0 Å². The highest BCUT2D eigenvalue weighted by molar-refractivity contribution is 7.15. The van der Waals surface area contributed by atoms with E-state index in [0.717, 1.165) is 15.9 Å². The first-order valence-corrected chi connectivity index (χ1v) is 7.12. The summed E-state index contributed by atoms with van der Waals surface area (Å²) in [4.78, 5) is 0. The van der Waals surface area contributed by atoms with Gasteiger partial charge in [0, 0.05) is 0 Å². The molecule has 19 heavy (non-hydrogen) atoms. The van der Waals surface area contributed by atoms with Gasteiger partial charge in [0.2, 0.25) is 5.13 Å². The largest absolute Gasteiger partial charge is 0.497 e. The third-order valence-electron chi connectivity index (χ3n) is 2.95. The van der Waals surface area contributed by atoms with Crippen molar-refractivity contribution in [3.8, 4) is 5.75 Å². The lowest BCUT2D eigenvalue weighted by molar-refractivity contribution is 0.414. The van der Waals surface area contributed by atoms with Crippen LogP contribution in [0.1, 0.15) is 30.5 Å². The molecule has 102 valence electrons. The predicted molar refractivity (Wildman–Crippen MR) is 78.8 cm³/mol. The van der Waals surface area contributed by atoms with Crippen LogP contribution in [0.4, 0.5) is 5.13 Å². The average molecular weight is 277 g/mol. The highest BCUT2D eigenvalue weighted by Gasteiger charge is 2.17. The molecule has 0 radical (unpaired) electrons. The molecule has 2 rings (SSSR count). The van der Waals surface area contributed by atoms with Crippen LogP contribution >= 0.6 is 11.3 Å². The van der Waals surface area contributed by atoms with Crippen LogP contribution in [0.15, 0.2) is 24.3 Å². The van der Waals surface area contributed by atoms with Crippen molar-refractivity contribution in [1.29, 1.82) is 0 Å². The maximum atomic E-state index is 5.19. The second-order valence-corrected chi connectivity index (χ2v) is 5.95. The lowest BCUT2D eigenvalue weighted by Crippen LogP contribution is -2.16. The second kappa shape index (κ2) is 6.02. The molecule has 0 saturated carbocycles. The van der Waals surface area contributed by atoms with E-state index in [-0.39, 0.29) is 6.04 Å². The van der Waals surface area contributed by atoms with Crippen LogP contribution in [0.3, 0.4) is 0 Å². The van der Waals surface area contributed by atoms with Crippen molar-refractivity contribution in [2.45, 2.75) is 26.8 Å². The minimum atomic E-state index is 0.221. The van der Waals surface area contributed by atoms with E-state index in [1.54, 1.807) is 18.4 Å². The number of benzene rings is 1. The highest BCUT2D eigenvalue weighted by atomic mass is 32.1. The van der Waals surface area contributed by atoms with Crippen molar-refractivity contribution in [1.82, 2.24) is 10.2 Å². The zero-order chi connectivity index (χ0) is 13.8. The van der Waals surface area contributed by atoms with E-state index < -0.39 is 0 Å². The van der Waals surface area contributed by atoms with Crippen LogP contribution in [-0.2, 0) is 0 Å². The third-order valence-corrected chi connectivity index (χ3v) is 3.72. The molecule has 1 atom stereocenters. The molecule has 1 heterocycles. The predicted octanol–water partition coefficient (Wildman–Crippen LogP) is 3.66. The summed E-state index contributed by atoms with van der Waals surface area (Å²) in [5.74, 6) is 1.33. The molecular formula is C14H19N3OS. The normalized spacial score (nSPS) is 12.5.